The van der Waals surface area contributed by atoms with Crippen LogP contribution in [0.3, 0.4) is 0 Å². The third kappa shape index (κ3) is 5.96. The van der Waals surface area contributed by atoms with Gasteiger partial charge in [-0.1, -0.05) is 63.6 Å². The Labute approximate surface area is 119 Å². The molecule has 1 aromatic carbocycles. The van der Waals surface area contributed by atoms with Gasteiger partial charge in [-0.2, -0.15) is 0 Å². The molecule has 1 atom stereocenters. The van der Waals surface area contributed by atoms with Crippen molar-refractivity contribution in [1.82, 2.24) is 5.32 Å². The average Bonchev–Trinajstić information content (AvgIpc) is 2.37. The fraction of sp³-hybridized carbons (Fsp3) is 0.556. The minimum absolute atomic E-state index is 0.151. The van der Waals surface area contributed by atoms with E-state index >= 15 is 0 Å². The summed E-state index contributed by atoms with van der Waals surface area (Å²) in [5.74, 6) is 0.461. The minimum Gasteiger partial charge on any atom is -0.384 e. The summed E-state index contributed by atoms with van der Waals surface area (Å²) >= 11 is 0. The maximum absolute atomic E-state index is 4.23. The van der Waals surface area contributed by atoms with Gasteiger partial charge in [0.1, 0.15) is 0 Å². The second kappa shape index (κ2) is 7.37. The topological polar surface area (TPSA) is 12.0 Å². The van der Waals surface area contributed by atoms with E-state index in [4.69, 9.17) is 0 Å². The molecule has 1 N–H and O–H groups in total. The van der Waals surface area contributed by atoms with Crippen molar-refractivity contribution >= 4 is 0 Å². The maximum Gasteiger partial charge on any atom is 0.0314 e. The third-order valence-corrected chi connectivity index (χ3v) is 3.63. The van der Waals surface area contributed by atoms with Crippen LogP contribution in [0.4, 0.5) is 0 Å². The first kappa shape index (κ1) is 15.8. The molecule has 0 saturated carbocycles. The molecule has 0 amide bonds. The summed E-state index contributed by atoms with van der Waals surface area (Å²) in [6.07, 6.45) is 4.76. The highest BCUT2D eigenvalue weighted by atomic mass is 15.0. The fourth-order valence-corrected chi connectivity index (χ4v) is 2.33. The monoisotopic (exact) mass is 259 g/mol. The summed E-state index contributed by atoms with van der Waals surface area (Å²) in [7, 11) is 0. The number of hydrogen-bond acceptors (Lipinski definition) is 1. The summed E-state index contributed by atoms with van der Waals surface area (Å²) in [5.41, 5.74) is 2.69. The highest BCUT2D eigenvalue weighted by molar-refractivity contribution is 5.17. The first-order chi connectivity index (χ1) is 8.94. The Morgan fingerprint density at radius 2 is 1.89 bits per heavy atom. The number of nitrogens with one attached hydrogen (secondary N) is 1. The largest absolute Gasteiger partial charge is 0.384 e. The first-order valence-electron chi connectivity index (χ1n) is 7.45. The molecular formula is C18H29N. The molecule has 0 aliphatic carbocycles. The second-order valence-corrected chi connectivity index (χ2v) is 6.23. The number of hydrogen-bond donors (Lipinski definition) is 1. The zero-order chi connectivity index (χ0) is 14.3. The lowest BCUT2D eigenvalue weighted by molar-refractivity contribution is 0.365. The minimum atomic E-state index is 0.151. The summed E-state index contributed by atoms with van der Waals surface area (Å²) in [4.78, 5) is 0. The standard InChI is InChI=1S/C18H29N/c1-6-7-13-18(4,5)19-16(3)15(2)14-17-11-9-8-10-12-17/h8-12,15,19H,3,6-7,13-14H2,1-2,4-5H3. The molecule has 1 unspecified atom stereocenters. The van der Waals surface area contributed by atoms with Gasteiger partial charge in [-0.25, -0.2) is 0 Å². The Morgan fingerprint density at radius 1 is 1.26 bits per heavy atom. The molecule has 0 aromatic heterocycles. The van der Waals surface area contributed by atoms with Gasteiger partial charge in [-0.15, -0.1) is 0 Å². The summed E-state index contributed by atoms with van der Waals surface area (Å²) in [6.45, 7) is 13.3. The van der Waals surface area contributed by atoms with Crippen LogP contribution in [0, 0.1) is 5.92 Å². The van der Waals surface area contributed by atoms with Crippen LogP contribution in [0.1, 0.15) is 52.5 Å². The number of allylic oxidation sites excluding steroid dienone is 1. The zero-order valence-electron chi connectivity index (χ0n) is 13.0. The van der Waals surface area contributed by atoms with Crippen molar-refractivity contribution in [2.45, 2.75) is 58.9 Å². The van der Waals surface area contributed by atoms with E-state index in [1.54, 1.807) is 0 Å². The fourth-order valence-electron chi connectivity index (χ4n) is 2.33. The molecule has 0 fully saturated rings. The molecule has 0 aliphatic heterocycles. The van der Waals surface area contributed by atoms with Crippen LogP contribution in [-0.2, 0) is 6.42 Å². The summed E-state index contributed by atoms with van der Waals surface area (Å²) < 4.78 is 0. The van der Waals surface area contributed by atoms with Gasteiger partial charge in [0.25, 0.3) is 0 Å². The van der Waals surface area contributed by atoms with E-state index in [9.17, 15) is 0 Å². The zero-order valence-corrected chi connectivity index (χ0v) is 13.0. The van der Waals surface area contributed by atoms with E-state index in [2.05, 4.69) is 69.9 Å². The van der Waals surface area contributed by atoms with E-state index in [1.807, 2.05) is 0 Å². The number of benzene rings is 1. The third-order valence-electron chi connectivity index (χ3n) is 3.63. The van der Waals surface area contributed by atoms with Crippen molar-refractivity contribution in [2.75, 3.05) is 0 Å². The van der Waals surface area contributed by atoms with Crippen LogP contribution in [0.5, 0.6) is 0 Å². The van der Waals surface area contributed by atoms with Crippen LogP contribution in [0.15, 0.2) is 42.6 Å². The van der Waals surface area contributed by atoms with E-state index in [0.717, 1.165) is 12.1 Å². The maximum atomic E-state index is 4.23. The molecule has 0 aliphatic rings. The highest BCUT2D eigenvalue weighted by Crippen LogP contribution is 2.19. The highest BCUT2D eigenvalue weighted by Gasteiger charge is 2.19. The Balaban J connectivity index is 2.48. The normalized spacial score (nSPS) is 13.1. The molecule has 0 bridgehead atoms. The molecule has 0 spiro atoms. The van der Waals surface area contributed by atoms with Crippen LogP contribution in [0.25, 0.3) is 0 Å². The predicted octanol–water partition coefficient (Wildman–Crippen LogP) is 4.94. The van der Waals surface area contributed by atoms with Crippen LogP contribution in [0.2, 0.25) is 0 Å². The van der Waals surface area contributed by atoms with Gasteiger partial charge < -0.3 is 5.32 Å². The predicted molar refractivity (Wildman–Crippen MR) is 85.2 cm³/mol. The van der Waals surface area contributed by atoms with Crippen LogP contribution < -0.4 is 5.32 Å². The van der Waals surface area contributed by atoms with Gasteiger partial charge in [0.2, 0.25) is 0 Å². The van der Waals surface area contributed by atoms with Gasteiger partial charge in [-0.05, 0) is 38.2 Å². The van der Waals surface area contributed by atoms with Crippen molar-refractivity contribution in [3.05, 3.63) is 48.2 Å². The molecule has 19 heavy (non-hydrogen) atoms. The Hall–Kier alpha value is -1.24. The molecule has 1 nitrogen and oxygen atoms in total. The van der Waals surface area contributed by atoms with Crippen LogP contribution in [-0.4, -0.2) is 5.54 Å². The Bertz CT molecular complexity index is 378. The van der Waals surface area contributed by atoms with Crippen molar-refractivity contribution in [2.24, 2.45) is 5.92 Å². The van der Waals surface area contributed by atoms with E-state index in [-0.39, 0.29) is 5.54 Å². The number of rotatable bonds is 8. The SMILES string of the molecule is C=C(NC(C)(C)CCCC)C(C)Cc1ccccc1. The van der Waals surface area contributed by atoms with Gasteiger partial charge >= 0.3 is 0 Å². The summed E-state index contributed by atoms with van der Waals surface area (Å²) in [5, 5.41) is 3.62. The van der Waals surface area contributed by atoms with Gasteiger partial charge in [0.15, 0.2) is 0 Å². The first-order valence-corrected chi connectivity index (χ1v) is 7.45. The summed E-state index contributed by atoms with van der Waals surface area (Å²) in [6, 6.07) is 10.6. The quantitative estimate of drug-likeness (QED) is 0.697. The average molecular weight is 259 g/mol. The van der Waals surface area contributed by atoms with E-state index in [0.29, 0.717) is 5.92 Å². The molecule has 0 saturated heterocycles. The smallest absolute Gasteiger partial charge is 0.0314 e. The molecule has 0 heterocycles. The molecular weight excluding hydrogens is 230 g/mol. The number of unbranched alkanes of at least 4 members (excludes halogenated alkanes) is 1. The van der Waals surface area contributed by atoms with Crippen molar-refractivity contribution in [1.29, 1.82) is 0 Å². The molecule has 1 aromatic rings. The van der Waals surface area contributed by atoms with Gasteiger partial charge in [0.05, 0.1) is 0 Å². The molecule has 0 radical (unpaired) electrons. The van der Waals surface area contributed by atoms with Crippen LogP contribution >= 0.6 is 0 Å². The lowest BCUT2D eigenvalue weighted by Crippen LogP contribution is -2.40. The Morgan fingerprint density at radius 3 is 2.47 bits per heavy atom. The van der Waals surface area contributed by atoms with E-state index in [1.165, 1.54) is 24.8 Å². The molecule has 106 valence electrons. The van der Waals surface area contributed by atoms with Crippen molar-refractivity contribution < 1.29 is 0 Å². The lowest BCUT2D eigenvalue weighted by atomic mass is 9.93. The molecule has 1 heteroatoms. The molecule has 1 rings (SSSR count). The van der Waals surface area contributed by atoms with Gasteiger partial charge in [-0.3, -0.25) is 0 Å². The van der Waals surface area contributed by atoms with Gasteiger partial charge in [0, 0.05) is 11.2 Å². The van der Waals surface area contributed by atoms with Crippen molar-refractivity contribution in [3.63, 3.8) is 0 Å². The lowest BCUT2D eigenvalue weighted by Gasteiger charge is -2.31. The second-order valence-electron chi connectivity index (χ2n) is 6.23. The van der Waals surface area contributed by atoms with Crippen molar-refractivity contribution in [3.8, 4) is 0 Å². The Kier molecular flexibility index (Phi) is 6.14. The van der Waals surface area contributed by atoms with E-state index < -0.39 is 0 Å².